The minimum Gasteiger partial charge on any atom is -0.456 e. The van der Waals surface area contributed by atoms with Crippen molar-refractivity contribution in [2.75, 3.05) is 0 Å². The first kappa shape index (κ1) is 31.5. The van der Waals surface area contributed by atoms with Crippen molar-refractivity contribution in [3.63, 3.8) is 0 Å². The predicted molar refractivity (Wildman–Crippen MR) is 227 cm³/mol. The fourth-order valence-electron chi connectivity index (χ4n) is 8.14. The molecule has 0 atom stereocenters. The molecule has 0 bridgehead atoms. The highest BCUT2D eigenvalue weighted by Crippen LogP contribution is 2.44. The highest BCUT2D eigenvalue weighted by Gasteiger charge is 2.24. The second-order valence-electron chi connectivity index (χ2n) is 14.2. The lowest BCUT2D eigenvalue weighted by Crippen LogP contribution is -2.00. The highest BCUT2D eigenvalue weighted by atomic mass is 16.4. The third kappa shape index (κ3) is 4.99. The number of rotatable bonds is 5. The van der Waals surface area contributed by atoms with E-state index in [4.69, 9.17) is 33.2 Å². The molecule has 7 nitrogen and oxygen atoms in total. The Labute approximate surface area is 324 Å². The number of hydrogen-bond donors (Lipinski definition) is 0. The molecule has 0 spiro atoms. The maximum absolute atomic E-state index is 6.81. The quantitative estimate of drug-likeness (QED) is 0.174. The molecule has 0 aliphatic heterocycles. The summed E-state index contributed by atoms with van der Waals surface area (Å²) in [7, 11) is 0. The van der Waals surface area contributed by atoms with Crippen molar-refractivity contribution >= 4 is 65.7 Å². The summed E-state index contributed by atoms with van der Waals surface area (Å²) in [5, 5.41) is 5.99. The molecule has 0 saturated heterocycles. The zero-order chi connectivity index (χ0) is 37.5. The van der Waals surface area contributed by atoms with Gasteiger partial charge in [0.1, 0.15) is 27.8 Å². The molecule has 0 N–H and O–H groups in total. The summed E-state index contributed by atoms with van der Waals surface area (Å²) in [5.74, 6) is 2.17. The van der Waals surface area contributed by atoms with Crippen molar-refractivity contribution in [1.29, 1.82) is 0 Å². The Morgan fingerprint density at radius 1 is 0.333 bits per heavy atom. The average molecular weight is 733 g/mol. The van der Waals surface area contributed by atoms with E-state index < -0.39 is 0 Å². The lowest BCUT2D eigenvalue weighted by atomic mass is 9.97. The van der Waals surface area contributed by atoms with Crippen molar-refractivity contribution < 1.29 is 13.3 Å². The van der Waals surface area contributed by atoms with Crippen LogP contribution in [0.1, 0.15) is 0 Å². The molecular formula is C50H28N4O3. The van der Waals surface area contributed by atoms with Crippen LogP contribution in [0.3, 0.4) is 0 Å². The van der Waals surface area contributed by atoms with Gasteiger partial charge in [0, 0.05) is 32.8 Å². The monoisotopic (exact) mass is 732 g/mol. The van der Waals surface area contributed by atoms with Crippen molar-refractivity contribution in [2.45, 2.75) is 0 Å². The molecule has 0 aliphatic rings. The van der Waals surface area contributed by atoms with Gasteiger partial charge in [0.05, 0.1) is 10.9 Å². The van der Waals surface area contributed by atoms with Gasteiger partial charge < -0.3 is 13.3 Å². The minimum absolute atomic E-state index is 0.501. The second-order valence-corrected chi connectivity index (χ2v) is 14.2. The van der Waals surface area contributed by atoms with Crippen LogP contribution < -0.4 is 0 Å². The number of hydrogen-bond acceptors (Lipinski definition) is 7. The van der Waals surface area contributed by atoms with Gasteiger partial charge in [-0.15, -0.1) is 0 Å². The molecule has 4 aromatic heterocycles. The Bertz CT molecular complexity index is 3530. The number of para-hydroxylation sites is 1. The van der Waals surface area contributed by atoms with Crippen LogP contribution in [0.5, 0.6) is 0 Å². The van der Waals surface area contributed by atoms with Crippen molar-refractivity contribution in [2.24, 2.45) is 0 Å². The van der Waals surface area contributed by atoms with Crippen LogP contribution in [0.2, 0.25) is 0 Å². The fraction of sp³-hybridized carbons (Fsp3) is 0. The maximum Gasteiger partial charge on any atom is 0.227 e. The summed E-state index contributed by atoms with van der Waals surface area (Å²) >= 11 is 0. The molecule has 57 heavy (non-hydrogen) atoms. The SMILES string of the molecule is c1ccc(-c2nc(-c3cccc(-c4cccc5oc6ccccc6c45)c3)nc(-c3cc4ccccc4c4c3oc3ccc5nc(-c6ccccc6)oc5c34)n2)cc1. The lowest BCUT2D eigenvalue weighted by molar-refractivity contribution is 0.622. The first-order chi connectivity index (χ1) is 28.2. The first-order valence-electron chi connectivity index (χ1n) is 18.8. The van der Waals surface area contributed by atoms with E-state index in [0.29, 0.717) is 40.1 Å². The van der Waals surface area contributed by atoms with E-state index in [1.54, 1.807) is 0 Å². The van der Waals surface area contributed by atoms with Gasteiger partial charge in [-0.1, -0.05) is 121 Å². The summed E-state index contributed by atoms with van der Waals surface area (Å²) in [6, 6.07) is 57.0. The summed E-state index contributed by atoms with van der Waals surface area (Å²) in [6.45, 7) is 0. The van der Waals surface area contributed by atoms with Crippen molar-refractivity contribution in [1.82, 2.24) is 19.9 Å². The second kappa shape index (κ2) is 12.3. The normalized spacial score (nSPS) is 11.9. The smallest absolute Gasteiger partial charge is 0.227 e. The molecule has 0 radical (unpaired) electrons. The lowest BCUT2D eigenvalue weighted by Gasteiger charge is -2.11. The molecule has 12 aromatic rings. The first-order valence-corrected chi connectivity index (χ1v) is 18.8. The summed E-state index contributed by atoms with van der Waals surface area (Å²) < 4.78 is 19.6. The largest absolute Gasteiger partial charge is 0.456 e. The molecule has 4 heterocycles. The molecule has 266 valence electrons. The molecule has 0 amide bonds. The zero-order valence-electron chi connectivity index (χ0n) is 30.2. The van der Waals surface area contributed by atoms with Crippen molar-refractivity contribution in [3.05, 3.63) is 170 Å². The Balaban J connectivity index is 1.10. The third-order valence-corrected chi connectivity index (χ3v) is 10.7. The standard InChI is InChI=1S/C50H28N4O3/c1-3-13-29(14-4-1)47-52-48(33-19-11-18-31(27-33)34-22-12-24-40-42(34)36-21-9-10-23-39(36)55-40)54-49(53-47)37-28-32-17-7-8-20-35(32)43-44-41(56-45(37)43)26-25-38-46(44)57-50(51-38)30-15-5-2-6-16-30/h1-28H. The van der Waals surface area contributed by atoms with E-state index in [1.165, 1.54) is 0 Å². The van der Waals surface area contributed by atoms with Crippen LogP contribution >= 0.6 is 0 Å². The summed E-state index contributed by atoms with van der Waals surface area (Å²) in [6.07, 6.45) is 0. The number of aromatic nitrogens is 4. The predicted octanol–water partition coefficient (Wildman–Crippen LogP) is 13.3. The molecule has 0 fully saturated rings. The highest BCUT2D eigenvalue weighted by molar-refractivity contribution is 6.27. The molecular weight excluding hydrogens is 705 g/mol. The number of furan rings is 2. The van der Waals surface area contributed by atoms with E-state index in [0.717, 1.165) is 82.4 Å². The molecule has 0 aliphatic carbocycles. The molecule has 12 rings (SSSR count). The van der Waals surface area contributed by atoms with E-state index >= 15 is 0 Å². The maximum atomic E-state index is 6.81. The van der Waals surface area contributed by atoms with Gasteiger partial charge in [0.25, 0.3) is 0 Å². The van der Waals surface area contributed by atoms with Crippen LogP contribution in [0.25, 0.3) is 122 Å². The van der Waals surface area contributed by atoms with Gasteiger partial charge >= 0.3 is 0 Å². The zero-order valence-corrected chi connectivity index (χ0v) is 30.2. The van der Waals surface area contributed by atoms with Crippen LogP contribution in [0.15, 0.2) is 183 Å². The van der Waals surface area contributed by atoms with Gasteiger partial charge in [0.2, 0.25) is 5.89 Å². The number of fused-ring (bicyclic) bond motifs is 10. The Morgan fingerprint density at radius 2 is 0.982 bits per heavy atom. The van der Waals surface area contributed by atoms with Crippen LogP contribution in [-0.4, -0.2) is 19.9 Å². The Morgan fingerprint density at radius 3 is 1.84 bits per heavy atom. The molecule has 0 unspecified atom stereocenters. The van der Waals surface area contributed by atoms with Gasteiger partial charge in [-0.25, -0.2) is 19.9 Å². The van der Waals surface area contributed by atoms with E-state index in [1.807, 2.05) is 121 Å². The molecule has 8 aromatic carbocycles. The van der Waals surface area contributed by atoms with E-state index in [2.05, 4.69) is 48.5 Å². The number of benzene rings is 8. The van der Waals surface area contributed by atoms with Crippen LogP contribution in [0.4, 0.5) is 0 Å². The van der Waals surface area contributed by atoms with E-state index in [9.17, 15) is 0 Å². The number of oxazole rings is 1. The number of nitrogens with zero attached hydrogens (tertiary/aromatic N) is 4. The van der Waals surface area contributed by atoms with Gasteiger partial charge in [-0.3, -0.25) is 0 Å². The van der Waals surface area contributed by atoms with Gasteiger partial charge in [-0.2, -0.15) is 0 Å². The summed E-state index contributed by atoms with van der Waals surface area (Å²) in [4.78, 5) is 20.4. The summed E-state index contributed by atoms with van der Waals surface area (Å²) in [5.41, 5.74) is 9.99. The average Bonchev–Trinajstić information content (AvgIpc) is 4.00. The Kier molecular flexibility index (Phi) is 6.79. The Hall–Kier alpha value is -7.90. The third-order valence-electron chi connectivity index (χ3n) is 10.7. The topological polar surface area (TPSA) is 91.0 Å². The van der Waals surface area contributed by atoms with Crippen LogP contribution in [-0.2, 0) is 0 Å². The van der Waals surface area contributed by atoms with E-state index in [-0.39, 0.29) is 0 Å². The fourth-order valence-corrected chi connectivity index (χ4v) is 8.14. The minimum atomic E-state index is 0.501. The van der Waals surface area contributed by atoms with Gasteiger partial charge in [0.15, 0.2) is 23.1 Å². The molecule has 7 heteroatoms. The van der Waals surface area contributed by atoms with Crippen LogP contribution in [0, 0.1) is 0 Å². The van der Waals surface area contributed by atoms with Crippen molar-refractivity contribution in [3.8, 4) is 56.7 Å². The van der Waals surface area contributed by atoms with Gasteiger partial charge in [-0.05, 0) is 70.4 Å². The molecule has 0 saturated carbocycles.